The fraction of sp³-hybridized carbons (Fsp3) is 0.281. The van der Waals surface area contributed by atoms with E-state index in [9.17, 15) is 26.3 Å². The average molecular weight is 716 g/mol. The number of benzene rings is 3. The Hall–Kier alpha value is -3.66. The molecular weight excluding hydrogens is 685 g/mol. The minimum atomic E-state index is -4.96. The molecular formula is C32H31F6N3O3S3. The topological polar surface area (TPSA) is 63.8 Å². The summed E-state index contributed by atoms with van der Waals surface area (Å²) < 4.78 is 100. The molecule has 0 saturated carbocycles. The summed E-state index contributed by atoms with van der Waals surface area (Å²) in [5.41, 5.74) is -0.328. The Balaban J connectivity index is 1.41. The lowest BCUT2D eigenvalue weighted by Crippen LogP contribution is -2.33. The normalized spacial score (nSPS) is 11.8. The first kappa shape index (κ1) is 36.2. The summed E-state index contributed by atoms with van der Waals surface area (Å²) in [4.78, 5) is 0. The number of hydrogen-bond donors (Lipinski definition) is 3. The molecule has 47 heavy (non-hydrogen) atoms. The third kappa shape index (κ3) is 9.69. The van der Waals surface area contributed by atoms with Gasteiger partial charge in [0, 0.05) is 36.0 Å². The minimum absolute atomic E-state index is 0.0615. The molecule has 6 nitrogen and oxygen atoms in total. The highest BCUT2D eigenvalue weighted by Crippen LogP contribution is 2.43. The van der Waals surface area contributed by atoms with E-state index >= 15 is 0 Å². The van der Waals surface area contributed by atoms with Gasteiger partial charge in [-0.05, 0) is 89.6 Å². The molecule has 0 aliphatic heterocycles. The number of nitrogens with one attached hydrogen (secondary N) is 3. The molecule has 1 aromatic heterocycles. The molecule has 0 aliphatic carbocycles. The van der Waals surface area contributed by atoms with Crippen LogP contribution in [0.25, 0.3) is 11.1 Å². The van der Waals surface area contributed by atoms with E-state index in [-0.39, 0.29) is 23.6 Å². The van der Waals surface area contributed by atoms with Crippen LogP contribution in [-0.4, -0.2) is 32.4 Å². The van der Waals surface area contributed by atoms with Crippen molar-refractivity contribution in [1.82, 2.24) is 10.0 Å². The molecule has 4 aromatic rings. The number of alkyl halides is 6. The minimum Gasteiger partial charge on any atom is -0.493 e. The quantitative estimate of drug-likeness (QED) is 0.0580. The van der Waals surface area contributed by atoms with Crippen molar-refractivity contribution in [2.24, 2.45) is 0 Å². The first-order valence-electron chi connectivity index (χ1n) is 14.0. The van der Waals surface area contributed by atoms with Crippen LogP contribution in [0.15, 0.2) is 70.3 Å². The molecule has 0 amide bonds. The van der Waals surface area contributed by atoms with Gasteiger partial charge in [0.05, 0.1) is 29.6 Å². The molecule has 3 N–H and O–H groups in total. The summed E-state index contributed by atoms with van der Waals surface area (Å²) in [6.07, 6.45) is -9.92. The van der Waals surface area contributed by atoms with Crippen molar-refractivity contribution in [1.29, 1.82) is 0 Å². The van der Waals surface area contributed by atoms with E-state index in [1.165, 1.54) is 23.3 Å². The Morgan fingerprint density at radius 2 is 1.47 bits per heavy atom. The number of hydrogen-bond acceptors (Lipinski definition) is 7. The van der Waals surface area contributed by atoms with Crippen molar-refractivity contribution in [3.63, 3.8) is 0 Å². The van der Waals surface area contributed by atoms with Gasteiger partial charge >= 0.3 is 12.4 Å². The van der Waals surface area contributed by atoms with Gasteiger partial charge in [-0.3, -0.25) is 4.72 Å². The third-order valence-electron chi connectivity index (χ3n) is 6.70. The second kappa shape index (κ2) is 15.5. The zero-order valence-electron chi connectivity index (χ0n) is 25.6. The van der Waals surface area contributed by atoms with Gasteiger partial charge in [-0.15, -0.1) is 11.3 Å². The van der Waals surface area contributed by atoms with Gasteiger partial charge in [0.15, 0.2) is 16.6 Å². The van der Waals surface area contributed by atoms with E-state index in [1.54, 1.807) is 32.4 Å². The van der Waals surface area contributed by atoms with Crippen LogP contribution in [-0.2, 0) is 12.4 Å². The number of halogens is 6. The van der Waals surface area contributed by atoms with Gasteiger partial charge in [-0.2, -0.15) is 26.3 Å². The Kier molecular flexibility index (Phi) is 11.9. The van der Waals surface area contributed by atoms with Crippen LogP contribution in [0.1, 0.15) is 36.5 Å². The molecule has 0 saturated heterocycles. The van der Waals surface area contributed by atoms with Crippen molar-refractivity contribution in [2.75, 3.05) is 32.6 Å². The van der Waals surface area contributed by atoms with E-state index < -0.39 is 29.2 Å². The molecule has 0 bridgehead atoms. The van der Waals surface area contributed by atoms with E-state index in [4.69, 9.17) is 26.4 Å². The smallest absolute Gasteiger partial charge is 0.416 e. The molecule has 0 aliphatic rings. The van der Waals surface area contributed by atoms with Crippen molar-refractivity contribution in [3.8, 4) is 34.1 Å². The zero-order valence-corrected chi connectivity index (χ0v) is 28.0. The highest BCUT2D eigenvalue weighted by Gasteiger charge is 2.37. The SMILES string of the molecule is COc1ccc(Oc2ccc(C(C)C)cc2-c2ccsc2SNCCNC(=S)Nc2cc(C(F)(F)F)cc(C(F)(F)F)c2)cc1OC. The monoisotopic (exact) mass is 715 g/mol. The van der Waals surface area contributed by atoms with Crippen molar-refractivity contribution < 1.29 is 40.6 Å². The number of anilines is 1. The van der Waals surface area contributed by atoms with E-state index in [1.807, 2.05) is 23.6 Å². The number of thiocarbonyl (C=S) groups is 1. The Morgan fingerprint density at radius 1 is 0.809 bits per heavy atom. The lowest BCUT2D eigenvalue weighted by molar-refractivity contribution is -0.143. The number of thiophene rings is 1. The molecule has 0 unspecified atom stereocenters. The van der Waals surface area contributed by atoms with Crippen molar-refractivity contribution >= 4 is 46.3 Å². The van der Waals surface area contributed by atoms with Crippen LogP contribution in [0.4, 0.5) is 32.0 Å². The third-order valence-corrected chi connectivity index (χ3v) is 8.94. The van der Waals surface area contributed by atoms with Gasteiger partial charge < -0.3 is 24.8 Å². The molecule has 0 atom stereocenters. The van der Waals surface area contributed by atoms with Gasteiger partial charge in [-0.25, -0.2) is 0 Å². The van der Waals surface area contributed by atoms with E-state index in [0.29, 0.717) is 41.7 Å². The Labute approximate surface area is 281 Å². The summed E-state index contributed by atoms with van der Waals surface area (Å²) in [6.45, 7) is 4.81. The zero-order chi connectivity index (χ0) is 34.4. The molecule has 1 heterocycles. The summed E-state index contributed by atoms with van der Waals surface area (Å²) in [5.74, 6) is 2.60. The van der Waals surface area contributed by atoms with Crippen LogP contribution in [0.5, 0.6) is 23.0 Å². The van der Waals surface area contributed by atoms with Crippen LogP contribution in [0.2, 0.25) is 0 Å². The molecule has 15 heteroatoms. The van der Waals surface area contributed by atoms with E-state index in [2.05, 4.69) is 35.3 Å². The van der Waals surface area contributed by atoms with Crippen molar-refractivity contribution in [3.05, 3.63) is 82.7 Å². The molecule has 4 rings (SSSR count). The maximum Gasteiger partial charge on any atom is 0.416 e. The number of rotatable bonds is 12. The predicted molar refractivity (Wildman–Crippen MR) is 178 cm³/mol. The number of ether oxygens (including phenoxy) is 3. The second-order valence-corrected chi connectivity index (χ2v) is 12.8. The maximum absolute atomic E-state index is 13.2. The van der Waals surface area contributed by atoms with E-state index in [0.717, 1.165) is 20.9 Å². The second-order valence-electron chi connectivity index (χ2n) is 10.3. The highest BCUT2D eigenvalue weighted by molar-refractivity contribution is 7.99. The lowest BCUT2D eigenvalue weighted by Gasteiger charge is -2.17. The first-order chi connectivity index (χ1) is 22.2. The Morgan fingerprint density at radius 3 is 2.09 bits per heavy atom. The van der Waals surface area contributed by atoms with Crippen LogP contribution < -0.4 is 29.6 Å². The van der Waals surface area contributed by atoms with Gasteiger partial charge in [0.25, 0.3) is 0 Å². The molecule has 0 fully saturated rings. The average Bonchev–Trinajstić information content (AvgIpc) is 3.48. The summed E-state index contributed by atoms with van der Waals surface area (Å²) in [5, 5.41) is 7.05. The summed E-state index contributed by atoms with van der Waals surface area (Å²) in [6, 6.07) is 14.6. The van der Waals surface area contributed by atoms with Crippen LogP contribution in [0.3, 0.4) is 0 Å². The Bertz CT molecular complexity index is 1660. The van der Waals surface area contributed by atoms with Gasteiger partial charge in [0.1, 0.15) is 11.5 Å². The fourth-order valence-electron chi connectivity index (χ4n) is 4.33. The molecule has 252 valence electrons. The first-order valence-corrected chi connectivity index (χ1v) is 16.2. The number of methoxy groups -OCH3 is 2. The fourth-order valence-corrected chi connectivity index (χ4v) is 6.35. The predicted octanol–water partition coefficient (Wildman–Crippen LogP) is 9.97. The highest BCUT2D eigenvalue weighted by atomic mass is 32.2. The largest absolute Gasteiger partial charge is 0.493 e. The molecule has 0 radical (unpaired) electrons. The van der Waals surface area contributed by atoms with Crippen molar-refractivity contribution in [2.45, 2.75) is 36.3 Å². The summed E-state index contributed by atoms with van der Waals surface area (Å²) in [7, 11) is 3.11. The molecule has 0 spiro atoms. The maximum atomic E-state index is 13.2. The van der Waals surface area contributed by atoms with Gasteiger partial charge in [0.2, 0.25) is 0 Å². The standard InChI is InChI=1S/C32H31F6N3O3S3/c1-18(2)19-5-7-26(44-23-6-8-27(42-3)28(17-23)43-4)25(13-19)24-9-12-46-29(24)47-40-11-10-39-30(45)41-22-15-20(31(33,34)35)14-21(16-22)32(36,37)38/h5-9,12-18,40H,10-11H2,1-4H3,(H2,39,41,45). The van der Waals surface area contributed by atoms with Gasteiger partial charge in [-0.1, -0.05) is 19.9 Å². The summed E-state index contributed by atoms with van der Waals surface area (Å²) >= 11 is 8.01. The molecule has 3 aromatic carbocycles. The lowest BCUT2D eigenvalue weighted by atomic mass is 9.98. The van der Waals surface area contributed by atoms with Crippen LogP contribution in [0, 0.1) is 0 Å². The van der Waals surface area contributed by atoms with Crippen LogP contribution >= 0.6 is 35.5 Å².